The molecule has 2 aromatic carbocycles. The lowest BCUT2D eigenvalue weighted by molar-refractivity contribution is -0.121. The van der Waals surface area contributed by atoms with Gasteiger partial charge in [0, 0.05) is 30.1 Å². The zero-order valence-corrected chi connectivity index (χ0v) is 16.0. The first-order chi connectivity index (χ1) is 13.3. The fourth-order valence-corrected chi connectivity index (χ4v) is 4.31. The second kappa shape index (κ2) is 8.35. The highest BCUT2D eigenvalue weighted by molar-refractivity contribution is 7.14. The van der Waals surface area contributed by atoms with E-state index in [0.717, 1.165) is 47.9 Å². The van der Waals surface area contributed by atoms with E-state index < -0.39 is 0 Å². The second-order valence-corrected chi connectivity index (χ2v) is 7.71. The van der Waals surface area contributed by atoms with Crippen LogP contribution in [0.15, 0.2) is 66.0 Å². The molecule has 4 nitrogen and oxygen atoms in total. The maximum absolute atomic E-state index is 12.3. The smallest absolute Gasteiger partial charge is 0.224 e. The van der Waals surface area contributed by atoms with Gasteiger partial charge in [0.25, 0.3) is 0 Å². The summed E-state index contributed by atoms with van der Waals surface area (Å²) in [5.41, 5.74) is 3.25. The molecule has 3 aromatic rings. The van der Waals surface area contributed by atoms with Crippen molar-refractivity contribution in [2.45, 2.75) is 25.3 Å². The molecule has 1 N–H and O–H groups in total. The summed E-state index contributed by atoms with van der Waals surface area (Å²) in [5.74, 6) is 0.111. The highest BCUT2D eigenvalue weighted by Gasteiger charge is 2.22. The monoisotopic (exact) mass is 377 g/mol. The number of carbonyl (C=O) groups is 1. The molecule has 1 amide bonds. The van der Waals surface area contributed by atoms with E-state index in [2.05, 4.69) is 27.7 Å². The number of benzene rings is 2. The van der Waals surface area contributed by atoms with Crippen molar-refractivity contribution in [3.05, 3.63) is 71.6 Å². The standard InChI is InChI=1S/C22H23N3OS/c26-21(15-17-7-3-1-4-8-17)23-19-11-13-25(14-12-19)22-24-20(16-27-22)18-9-5-2-6-10-18/h1-10,16,19H,11-15H2,(H,23,26). The number of nitrogens with one attached hydrogen (secondary N) is 1. The number of nitrogens with zero attached hydrogens (tertiary/aromatic N) is 2. The Morgan fingerprint density at radius 1 is 1.04 bits per heavy atom. The molecule has 1 fully saturated rings. The SMILES string of the molecule is O=C(Cc1ccccc1)NC1CCN(c2nc(-c3ccccc3)cs2)CC1. The van der Waals surface area contributed by atoms with E-state index >= 15 is 0 Å². The lowest BCUT2D eigenvalue weighted by Gasteiger charge is -2.32. The molecule has 0 atom stereocenters. The van der Waals surface area contributed by atoms with Crippen LogP contribution in [0.25, 0.3) is 11.3 Å². The van der Waals surface area contributed by atoms with Crippen LogP contribution in [0.2, 0.25) is 0 Å². The minimum Gasteiger partial charge on any atom is -0.353 e. The van der Waals surface area contributed by atoms with E-state index in [9.17, 15) is 4.79 Å². The molecule has 1 aliphatic heterocycles. The summed E-state index contributed by atoms with van der Waals surface area (Å²) in [6, 6.07) is 20.4. The van der Waals surface area contributed by atoms with E-state index in [1.807, 2.05) is 48.5 Å². The van der Waals surface area contributed by atoms with Crippen molar-refractivity contribution in [2.24, 2.45) is 0 Å². The maximum atomic E-state index is 12.3. The Labute approximate surface area is 163 Å². The normalized spacial score (nSPS) is 14.9. The van der Waals surface area contributed by atoms with E-state index in [1.165, 1.54) is 0 Å². The molecule has 0 saturated carbocycles. The zero-order valence-electron chi connectivity index (χ0n) is 15.2. The van der Waals surface area contributed by atoms with Crippen LogP contribution in [0.4, 0.5) is 5.13 Å². The van der Waals surface area contributed by atoms with Crippen LogP contribution >= 0.6 is 11.3 Å². The number of hydrogen-bond donors (Lipinski definition) is 1. The number of carbonyl (C=O) groups excluding carboxylic acids is 1. The Bertz CT molecular complexity index is 871. The molecular weight excluding hydrogens is 354 g/mol. The van der Waals surface area contributed by atoms with Crippen molar-refractivity contribution in [1.82, 2.24) is 10.3 Å². The second-order valence-electron chi connectivity index (χ2n) is 6.87. The molecular formula is C22H23N3OS. The highest BCUT2D eigenvalue weighted by Crippen LogP contribution is 2.29. The van der Waals surface area contributed by atoms with E-state index in [4.69, 9.17) is 4.98 Å². The zero-order chi connectivity index (χ0) is 18.5. The van der Waals surface area contributed by atoms with Gasteiger partial charge < -0.3 is 10.2 Å². The average Bonchev–Trinajstić information content (AvgIpc) is 3.20. The third-order valence-electron chi connectivity index (χ3n) is 4.90. The van der Waals surface area contributed by atoms with Crippen LogP contribution in [0.3, 0.4) is 0 Å². The Kier molecular flexibility index (Phi) is 5.49. The van der Waals surface area contributed by atoms with Gasteiger partial charge in [-0.25, -0.2) is 4.98 Å². The first-order valence-electron chi connectivity index (χ1n) is 9.37. The molecule has 1 saturated heterocycles. The number of aromatic nitrogens is 1. The maximum Gasteiger partial charge on any atom is 0.224 e. The van der Waals surface area contributed by atoms with Crippen LogP contribution in [-0.4, -0.2) is 30.0 Å². The van der Waals surface area contributed by atoms with Gasteiger partial charge in [-0.3, -0.25) is 4.79 Å². The molecule has 2 heterocycles. The van der Waals surface area contributed by atoms with Crippen LogP contribution in [0, 0.1) is 0 Å². The van der Waals surface area contributed by atoms with Gasteiger partial charge in [-0.2, -0.15) is 0 Å². The molecule has 138 valence electrons. The topological polar surface area (TPSA) is 45.2 Å². The number of piperidine rings is 1. The summed E-state index contributed by atoms with van der Waals surface area (Å²) in [6.07, 6.45) is 2.37. The van der Waals surface area contributed by atoms with Gasteiger partial charge in [0.05, 0.1) is 12.1 Å². The Balaban J connectivity index is 1.29. The van der Waals surface area contributed by atoms with Crippen LogP contribution in [-0.2, 0) is 11.2 Å². The number of rotatable bonds is 5. The molecule has 5 heteroatoms. The largest absolute Gasteiger partial charge is 0.353 e. The van der Waals surface area contributed by atoms with Crippen molar-refractivity contribution in [3.63, 3.8) is 0 Å². The third kappa shape index (κ3) is 4.55. The molecule has 4 rings (SSSR count). The number of anilines is 1. The lowest BCUT2D eigenvalue weighted by Crippen LogP contribution is -2.45. The lowest BCUT2D eigenvalue weighted by atomic mass is 10.0. The van der Waals surface area contributed by atoms with Crippen LogP contribution < -0.4 is 10.2 Å². The minimum atomic E-state index is 0.111. The molecule has 0 spiro atoms. The third-order valence-corrected chi connectivity index (χ3v) is 5.80. The van der Waals surface area contributed by atoms with Crippen LogP contribution in [0.1, 0.15) is 18.4 Å². The van der Waals surface area contributed by atoms with Crippen molar-refractivity contribution in [1.29, 1.82) is 0 Å². The predicted octanol–water partition coefficient (Wildman–Crippen LogP) is 4.14. The van der Waals surface area contributed by atoms with Crippen molar-refractivity contribution >= 4 is 22.4 Å². The van der Waals surface area contributed by atoms with Gasteiger partial charge in [-0.15, -0.1) is 11.3 Å². The summed E-state index contributed by atoms with van der Waals surface area (Å²) >= 11 is 1.70. The van der Waals surface area contributed by atoms with Gasteiger partial charge in [-0.1, -0.05) is 60.7 Å². The van der Waals surface area contributed by atoms with Crippen molar-refractivity contribution in [3.8, 4) is 11.3 Å². The van der Waals surface area contributed by atoms with Crippen molar-refractivity contribution in [2.75, 3.05) is 18.0 Å². The molecule has 1 aliphatic rings. The van der Waals surface area contributed by atoms with Crippen molar-refractivity contribution < 1.29 is 4.79 Å². The fraction of sp³-hybridized carbons (Fsp3) is 0.273. The molecule has 1 aromatic heterocycles. The Morgan fingerprint density at radius 2 is 1.70 bits per heavy atom. The summed E-state index contributed by atoms with van der Waals surface area (Å²) in [6.45, 7) is 1.86. The van der Waals surface area contributed by atoms with Gasteiger partial charge in [0.15, 0.2) is 5.13 Å². The first-order valence-corrected chi connectivity index (χ1v) is 10.2. The minimum absolute atomic E-state index is 0.111. The van der Waals surface area contributed by atoms with Gasteiger partial charge >= 0.3 is 0 Å². The number of hydrogen-bond acceptors (Lipinski definition) is 4. The highest BCUT2D eigenvalue weighted by atomic mass is 32.1. The van der Waals surface area contributed by atoms with E-state index in [0.29, 0.717) is 6.42 Å². The Hall–Kier alpha value is -2.66. The van der Waals surface area contributed by atoms with Gasteiger partial charge in [-0.05, 0) is 18.4 Å². The van der Waals surface area contributed by atoms with Gasteiger partial charge in [0.2, 0.25) is 5.91 Å². The van der Waals surface area contributed by atoms with E-state index in [-0.39, 0.29) is 11.9 Å². The number of amides is 1. The summed E-state index contributed by atoms with van der Waals surface area (Å²) in [5, 5.41) is 6.38. The number of thiazole rings is 1. The molecule has 0 unspecified atom stereocenters. The summed E-state index contributed by atoms with van der Waals surface area (Å²) in [7, 11) is 0. The average molecular weight is 378 g/mol. The summed E-state index contributed by atoms with van der Waals surface area (Å²) in [4.78, 5) is 19.4. The Morgan fingerprint density at radius 3 is 2.41 bits per heavy atom. The molecule has 0 aliphatic carbocycles. The van der Waals surface area contributed by atoms with Crippen LogP contribution in [0.5, 0.6) is 0 Å². The summed E-state index contributed by atoms with van der Waals surface area (Å²) < 4.78 is 0. The predicted molar refractivity (Wildman–Crippen MR) is 111 cm³/mol. The molecule has 0 radical (unpaired) electrons. The molecule has 27 heavy (non-hydrogen) atoms. The van der Waals surface area contributed by atoms with Gasteiger partial charge in [0.1, 0.15) is 0 Å². The quantitative estimate of drug-likeness (QED) is 0.727. The fourth-order valence-electron chi connectivity index (χ4n) is 3.43. The first kappa shape index (κ1) is 17.7. The van der Waals surface area contributed by atoms with E-state index in [1.54, 1.807) is 11.3 Å². The molecule has 0 bridgehead atoms.